The lowest BCUT2D eigenvalue weighted by molar-refractivity contribution is -0.129. The molecular formula is C14H18N4O2S. The van der Waals surface area contributed by atoms with E-state index in [2.05, 4.69) is 15.2 Å². The van der Waals surface area contributed by atoms with Crippen molar-refractivity contribution >= 4 is 17.7 Å². The third-order valence-electron chi connectivity index (χ3n) is 3.03. The van der Waals surface area contributed by atoms with E-state index < -0.39 is 0 Å². The first-order valence-electron chi connectivity index (χ1n) is 6.85. The zero-order valence-corrected chi connectivity index (χ0v) is 13.1. The topological polar surface area (TPSA) is 72.1 Å². The summed E-state index contributed by atoms with van der Waals surface area (Å²) in [5, 5.41) is 8.12. The van der Waals surface area contributed by atoms with Crippen LogP contribution in [-0.2, 0) is 4.79 Å². The molecule has 1 amide bonds. The summed E-state index contributed by atoms with van der Waals surface area (Å²) in [5.74, 6) is 0.510. The molecule has 0 N–H and O–H groups in total. The SMILES string of the molecule is CCN(CC)C(=O)[C@@H](C)Sc1nnc(-c2ccncc2)o1. The maximum absolute atomic E-state index is 12.2. The van der Waals surface area contributed by atoms with Crippen LogP contribution in [0.4, 0.5) is 0 Å². The van der Waals surface area contributed by atoms with Gasteiger partial charge in [0.05, 0.1) is 5.25 Å². The molecular weight excluding hydrogens is 288 g/mol. The van der Waals surface area contributed by atoms with Crippen molar-refractivity contribution in [2.75, 3.05) is 13.1 Å². The normalized spacial score (nSPS) is 12.1. The second kappa shape index (κ2) is 7.21. The van der Waals surface area contributed by atoms with Gasteiger partial charge in [0.1, 0.15) is 0 Å². The van der Waals surface area contributed by atoms with E-state index in [4.69, 9.17) is 4.42 Å². The summed E-state index contributed by atoms with van der Waals surface area (Å²) in [6.45, 7) is 7.18. The Kier molecular flexibility index (Phi) is 5.32. The zero-order valence-electron chi connectivity index (χ0n) is 12.3. The third kappa shape index (κ3) is 3.81. The summed E-state index contributed by atoms with van der Waals surface area (Å²) < 4.78 is 5.58. The van der Waals surface area contributed by atoms with Crippen LogP contribution in [-0.4, -0.2) is 44.3 Å². The van der Waals surface area contributed by atoms with Crippen LogP contribution in [0.3, 0.4) is 0 Å². The minimum Gasteiger partial charge on any atom is -0.411 e. The summed E-state index contributed by atoms with van der Waals surface area (Å²) in [6.07, 6.45) is 3.33. The number of hydrogen-bond acceptors (Lipinski definition) is 6. The second-order valence-electron chi connectivity index (χ2n) is 4.38. The lowest BCUT2D eigenvalue weighted by atomic mass is 10.3. The van der Waals surface area contributed by atoms with Crippen LogP contribution in [0.1, 0.15) is 20.8 Å². The molecule has 0 spiro atoms. The van der Waals surface area contributed by atoms with Gasteiger partial charge in [-0.25, -0.2) is 0 Å². The molecule has 1 atom stereocenters. The molecule has 0 aliphatic rings. The van der Waals surface area contributed by atoms with Crippen molar-refractivity contribution < 1.29 is 9.21 Å². The number of carbonyl (C=O) groups is 1. The molecule has 0 saturated carbocycles. The van der Waals surface area contributed by atoms with Crippen molar-refractivity contribution in [3.63, 3.8) is 0 Å². The van der Waals surface area contributed by atoms with Gasteiger partial charge in [0.2, 0.25) is 11.8 Å². The van der Waals surface area contributed by atoms with Gasteiger partial charge < -0.3 is 9.32 Å². The van der Waals surface area contributed by atoms with Crippen LogP contribution >= 0.6 is 11.8 Å². The highest BCUT2D eigenvalue weighted by molar-refractivity contribution is 8.00. The predicted octanol–water partition coefficient (Wildman–Crippen LogP) is 2.48. The molecule has 6 nitrogen and oxygen atoms in total. The molecule has 0 bridgehead atoms. The number of aromatic nitrogens is 3. The molecule has 0 radical (unpaired) electrons. The average molecular weight is 306 g/mol. The van der Waals surface area contributed by atoms with E-state index in [-0.39, 0.29) is 11.2 Å². The lowest BCUT2D eigenvalue weighted by Gasteiger charge is -2.21. The molecule has 7 heteroatoms. The minimum atomic E-state index is -0.254. The van der Waals surface area contributed by atoms with Gasteiger partial charge in [0.15, 0.2) is 0 Å². The molecule has 0 saturated heterocycles. The second-order valence-corrected chi connectivity index (χ2v) is 5.67. The number of hydrogen-bond donors (Lipinski definition) is 0. The van der Waals surface area contributed by atoms with Crippen molar-refractivity contribution in [1.29, 1.82) is 0 Å². The fourth-order valence-corrected chi connectivity index (χ4v) is 2.63. The van der Waals surface area contributed by atoms with E-state index in [9.17, 15) is 4.79 Å². The van der Waals surface area contributed by atoms with Gasteiger partial charge in [-0.15, -0.1) is 10.2 Å². The Morgan fingerprint density at radius 2 is 1.95 bits per heavy atom. The minimum absolute atomic E-state index is 0.0775. The molecule has 2 aromatic rings. The lowest BCUT2D eigenvalue weighted by Crippen LogP contribution is -2.36. The first-order chi connectivity index (χ1) is 10.2. The molecule has 0 fully saturated rings. The Labute approximate surface area is 128 Å². The molecule has 2 rings (SSSR count). The first-order valence-corrected chi connectivity index (χ1v) is 7.73. The summed E-state index contributed by atoms with van der Waals surface area (Å²) in [6, 6.07) is 3.60. The molecule has 2 heterocycles. The fourth-order valence-electron chi connectivity index (χ4n) is 1.86. The van der Waals surface area contributed by atoms with Gasteiger partial charge >= 0.3 is 0 Å². The molecule has 21 heavy (non-hydrogen) atoms. The monoisotopic (exact) mass is 306 g/mol. The average Bonchev–Trinajstić information content (AvgIpc) is 2.97. The van der Waals surface area contributed by atoms with Crippen molar-refractivity contribution in [2.24, 2.45) is 0 Å². The third-order valence-corrected chi connectivity index (χ3v) is 3.96. The Balaban J connectivity index is 2.04. The number of pyridine rings is 1. The van der Waals surface area contributed by atoms with Gasteiger partial charge in [-0.1, -0.05) is 11.8 Å². The fraction of sp³-hybridized carbons (Fsp3) is 0.429. The standard InChI is InChI=1S/C14H18N4O2S/c1-4-18(5-2)13(19)10(3)21-14-17-16-12(20-14)11-6-8-15-9-7-11/h6-10H,4-5H2,1-3H3/t10-/m1/s1. The zero-order chi connectivity index (χ0) is 15.2. The van der Waals surface area contributed by atoms with Gasteiger partial charge in [0, 0.05) is 31.0 Å². The number of carbonyl (C=O) groups excluding carboxylic acids is 1. The van der Waals surface area contributed by atoms with Gasteiger partial charge in [0.25, 0.3) is 5.22 Å². The first kappa shape index (κ1) is 15.5. The molecule has 0 aliphatic heterocycles. The summed E-state index contributed by atoms with van der Waals surface area (Å²) in [4.78, 5) is 17.9. The van der Waals surface area contributed by atoms with Crippen LogP contribution in [0.25, 0.3) is 11.5 Å². The molecule has 0 aromatic carbocycles. The van der Waals surface area contributed by atoms with Crippen LogP contribution < -0.4 is 0 Å². The van der Waals surface area contributed by atoms with Crippen LogP contribution in [0, 0.1) is 0 Å². The quantitative estimate of drug-likeness (QED) is 0.763. The Morgan fingerprint density at radius 3 is 2.57 bits per heavy atom. The summed E-state index contributed by atoms with van der Waals surface area (Å²) in [7, 11) is 0. The predicted molar refractivity (Wildman–Crippen MR) is 80.8 cm³/mol. The van der Waals surface area contributed by atoms with Gasteiger partial charge in [-0.05, 0) is 32.9 Å². The van der Waals surface area contributed by atoms with Crippen molar-refractivity contribution in [2.45, 2.75) is 31.2 Å². The van der Waals surface area contributed by atoms with Crippen molar-refractivity contribution in [3.8, 4) is 11.5 Å². The largest absolute Gasteiger partial charge is 0.411 e. The smallest absolute Gasteiger partial charge is 0.277 e. The van der Waals surface area contributed by atoms with Crippen molar-refractivity contribution in [1.82, 2.24) is 20.1 Å². The van der Waals surface area contributed by atoms with E-state index >= 15 is 0 Å². The molecule has 0 unspecified atom stereocenters. The van der Waals surface area contributed by atoms with E-state index in [1.54, 1.807) is 29.4 Å². The number of rotatable bonds is 6. The van der Waals surface area contributed by atoms with E-state index in [1.165, 1.54) is 11.8 Å². The Hall–Kier alpha value is -1.89. The molecule has 0 aliphatic carbocycles. The van der Waals surface area contributed by atoms with Gasteiger partial charge in [-0.3, -0.25) is 9.78 Å². The molecule has 2 aromatic heterocycles. The highest BCUT2D eigenvalue weighted by atomic mass is 32.2. The van der Waals surface area contributed by atoms with Crippen molar-refractivity contribution in [3.05, 3.63) is 24.5 Å². The number of amides is 1. The van der Waals surface area contributed by atoms with Crippen LogP contribution in [0.2, 0.25) is 0 Å². The number of nitrogens with zero attached hydrogens (tertiary/aromatic N) is 4. The van der Waals surface area contributed by atoms with E-state index in [0.717, 1.165) is 5.56 Å². The summed E-state index contributed by atoms with van der Waals surface area (Å²) >= 11 is 1.28. The van der Waals surface area contributed by atoms with E-state index in [1.807, 2.05) is 20.8 Å². The molecule has 112 valence electrons. The Morgan fingerprint density at radius 1 is 1.29 bits per heavy atom. The Bertz CT molecular complexity index is 584. The van der Waals surface area contributed by atoms with E-state index in [0.29, 0.717) is 24.2 Å². The van der Waals surface area contributed by atoms with Crippen LogP contribution in [0.15, 0.2) is 34.2 Å². The highest BCUT2D eigenvalue weighted by Gasteiger charge is 2.22. The van der Waals surface area contributed by atoms with Gasteiger partial charge in [-0.2, -0.15) is 0 Å². The van der Waals surface area contributed by atoms with Crippen LogP contribution in [0.5, 0.6) is 0 Å². The number of thioether (sulfide) groups is 1. The summed E-state index contributed by atoms with van der Waals surface area (Å²) in [5.41, 5.74) is 0.812. The highest BCUT2D eigenvalue weighted by Crippen LogP contribution is 2.26. The maximum Gasteiger partial charge on any atom is 0.277 e. The maximum atomic E-state index is 12.2.